The molecule has 0 atom stereocenters. The van der Waals surface area contributed by atoms with Gasteiger partial charge in [-0.15, -0.1) is 0 Å². The fourth-order valence-corrected chi connectivity index (χ4v) is 3.03. The van der Waals surface area contributed by atoms with Crippen molar-refractivity contribution in [2.24, 2.45) is 0 Å². The van der Waals surface area contributed by atoms with Crippen molar-refractivity contribution in [1.82, 2.24) is 4.90 Å². The second kappa shape index (κ2) is 7.60. The van der Waals surface area contributed by atoms with Crippen molar-refractivity contribution in [2.45, 2.75) is 20.4 Å². The van der Waals surface area contributed by atoms with Crippen molar-refractivity contribution in [2.75, 3.05) is 31.6 Å². The van der Waals surface area contributed by atoms with E-state index in [1.807, 2.05) is 50.2 Å². The van der Waals surface area contributed by atoms with Gasteiger partial charge >= 0.3 is 0 Å². The number of rotatable bonds is 4. The highest BCUT2D eigenvalue weighted by atomic mass is 16.5. The Morgan fingerprint density at radius 3 is 2.29 bits per heavy atom. The van der Waals surface area contributed by atoms with Gasteiger partial charge in [0.15, 0.2) is 0 Å². The summed E-state index contributed by atoms with van der Waals surface area (Å²) in [7, 11) is 0. The summed E-state index contributed by atoms with van der Waals surface area (Å²) in [6.45, 7) is 8.51. The van der Waals surface area contributed by atoms with Gasteiger partial charge in [-0.1, -0.05) is 18.2 Å². The molecule has 0 saturated carbocycles. The summed E-state index contributed by atoms with van der Waals surface area (Å²) in [6.07, 6.45) is 0. The number of carbonyl (C=O) groups excluding carboxylic acids is 1. The number of ether oxygens (including phenoxy) is 1. The Morgan fingerprint density at radius 2 is 1.67 bits per heavy atom. The van der Waals surface area contributed by atoms with E-state index in [0.717, 1.165) is 49.7 Å². The Morgan fingerprint density at radius 1 is 1.04 bits per heavy atom. The topological polar surface area (TPSA) is 41.6 Å². The molecule has 126 valence electrons. The molecule has 0 aromatic heterocycles. The average Bonchev–Trinajstić information content (AvgIpc) is 2.55. The van der Waals surface area contributed by atoms with Gasteiger partial charge in [0.25, 0.3) is 5.91 Å². The molecule has 2 aromatic rings. The smallest absolute Gasteiger partial charge is 0.255 e. The maximum absolute atomic E-state index is 12.4. The van der Waals surface area contributed by atoms with Crippen LogP contribution < -0.4 is 5.32 Å². The van der Waals surface area contributed by atoms with Crippen molar-refractivity contribution in [3.05, 3.63) is 64.7 Å². The average molecular weight is 324 g/mol. The van der Waals surface area contributed by atoms with Crippen LogP contribution in [-0.4, -0.2) is 37.1 Å². The van der Waals surface area contributed by atoms with Gasteiger partial charge < -0.3 is 10.1 Å². The number of morpholine rings is 1. The van der Waals surface area contributed by atoms with Gasteiger partial charge in [0.1, 0.15) is 0 Å². The van der Waals surface area contributed by atoms with Crippen LogP contribution >= 0.6 is 0 Å². The molecule has 1 amide bonds. The zero-order valence-corrected chi connectivity index (χ0v) is 14.3. The zero-order chi connectivity index (χ0) is 16.9. The van der Waals surface area contributed by atoms with Crippen LogP contribution in [0.5, 0.6) is 0 Å². The fourth-order valence-electron chi connectivity index (χ4n) is 3.03. The third-order valence-corrected chi connectivity index (χ3v) is 4.21. The van der Waals surface area contributed by atoms with E-state index in [9.17, 15) is 4.79 Å². The molecule has 0 radical (unpaired) electrons. The number of hydrogen-bond acceptors (Lipinski definition) is 3. The molecule has 1 aliphatic rings. The van der Waals surface area contributed by atoms with Gasteiger partial charge in [-0.05, 0) is 54.8 Å². The van der Waals surface area contributed by atoms with Gasteiger partial charge in [0, 0.05) is 30.9 Å². The molecular formula is C20H24N2O2. The zero-order valence-electron chi connectivity index (χ0n) is 14.3. The number of aryl methyl sites for hydroxylation is 2. The minimum atomic E-state index is -0.0714. The largest absolute Gasteiger partial charge is 0.379 e. The SMILES string of the molecule is Cc1cc(C)cc(NC(=O)c2ccc(CN3CCOCC3)cc2)c1. The summed E-state index contributed by atoms with van der Waals surface area (Å²) >= 11 is 0. The van der Waals surface area contributed by atoms with Crippen LogP contribution in [0.3, 0.4) is 0 Å². The Hall–Kier alpha value is -2.17. The van der Waals surface area contributed by atoms with Crippen molar-refractivity contribution in [3.63, 3.8) is 0 Å². The summed E-state index contributed by atoms with van der Waals surface area (Å²) in [5.41, 5.74) is 5.03. The molecule has 1 aliphatic heterocycles. The van der Waals surface area contributed by atoms with Gasteiger partial charge in [-0.2, -0.15) is 0 Å². The molecule has 1 fully saturated rings. The number of hydrogen-bond donors (Lipinski definition) is 1. The van der Waals surface area contributed by atoms with E-state index in [1.54, 1.807) is 0 Å². The molecule has 4 heteroatoms. The van der Waals surface area contributed by atoms with E-state index in [1.165, 1.54) is 5.56 Å². The number of benzene rings is 2. The Kier molecular flexibility index (Phi) is 5.28. The minimum Gasteiger partial charge on any atom is -0.379 e. The summed E-state index contributed by atoms with van der Waals surface area (Å²) in [6, 6.07) is 13.9. The van der Waals surface area contributed by atoms with Crippen molar-refractivity contribution in [1.29, 1.82) is 0 Å². The fraction of sp³-hybridized carbons (Fsp3) is 0.350. The first-order chi connectivity index (χ1) is 11.6. The van der Waals surface area contributed by atoms with E-state index in [-0.39, 0.29) is 5.91 Å². The lowest BCUT2D eigenvalue weighted by Crippen LogP contribution is -2.35. The number of amides is 1. The molecule has 0 aliphatic carbocycles. The van der Waals surface area contributed by atoms with E-state index < -0.39 is 0 Å². The summed E-state index contributed by atoms with van der Waals surface area (Å²) in [4.78, 5) is 14.8. The standard InChI is InChI=1S/C20H24N2O2/c1-15-11-16(2)13-19(12-15)21-20(23)18-5-3-17(4-6-18)14-22-7-9-24-10-8-22/h3-6,11-13H,7-10,14H2,1-2H3,(H,21,23). The molecule has 1 heterocycles. The molecule has 1 N–H and O–H groups in total. The van der Waals surface area contributed by atoms with E-state index in [0.29, 0.717) is 5.56 Å². The molecule has 1 saturated heterocycles. The summed E-state index contributed by atoms with van der Waals surface area (Å²) in [5.74, 6) is -0.0714. The molecule has 0 bridgehead atoms. The first-order valence-corrected chi connectivity index (χ1v) is 8.39. The van der Waals surface area contributed by atoms with Gasteiger partial charge in [0.2, 0.25) is 0 Å². The second-order valence-corrected chi connectivity index (χ2v) is 6.42. The normalized spacial score (nSPS) is 15.2. The third-order valence-electron chi connectivity index (χ3n) is 4.21. The summed E-state index contributed by atoms with van der Waals surface area (Å²) in [5, 5.41) is 2.97. The Bertz CT molecular complexity index is 684. The minimum absolute atomic E-state index is 0.0714. The van der Waals surface area contributed by atoms with E-state index in [4.69, 9.17) is 4.74 Å². The highest BCUT2D eigenvalue weighted by Crippen LogP contribution is 2.16. The molecule has 0 unspecified atom stereocenters. The monoisotopic (exact) mass is 324 g/mol. The molecule has 4 nitrogen and oxygen atoms in total. The predicted octanol–water partition coefficient (Wildman–Crippen LogP) is 3.39. The first kappa shape index (κ1) is 16.7. The van der Waals surface area contributed by atoms with Crippen LogP contribution in [0, 0.1) is 13.8 Å². The van der Waals surface area contributed by atoms with Crippen molar-refractivity contribution in [3.8, 4) is 0 Å². The van der Waals surface area contributed by atoms with Crippen LogP contribution in [0.15, 0.2) is 42.5 Å². The second-order valence-electron chi connectivity index (χ2n) is 6.42. The van der Waals surface area contributed by atoms with E-state index >= 15 is 0 Å². The number of carbonyl (C=O) groups is 1. The number of nitrogens with zero attached hydrogens (tertiary/aromatic N) is 1. The maximum atomic E-state index is 12.4. The lowest BCUT2D eigenvalue weighted by Gasteiger charge is -2.26. The molecule has 24 heavy (non-hydrogen) atoms. The van der Waals surface area contributed by atoms with E-state index in [2.05, 4.69) is 16.3 Å². The third kappa shape index (κ3) is 4.43. The van der Waals surface area contributed by atoms with Crippen molar-refractivity contribution >= 4 is 11.6 Å². The summed E-state index contributed by atoms with van der Waals surface area (Å²) < 4.78 is 5.37. The van der Waals surface area contributed by atoms with Crippen LogP contribution in [-0.2, 0) is 11.3 Å². The highest BCUT2D eigenvalue weighted by Gasteiger charge is 2.11. The number of nitrogens with one attached hydrogen (secondary N) is 1. The first-order valence-electron chi connectivity index (χ1n) is 8.39. The lowest BCUT2D eigenvalue weighted by molar-refractivity contribution is 0.0342. The Labute approximate surface area is 143 Å². The van der Waals surface area contributed by atoms with Gasteiger partial charge in [-0.25, -0.2) is 0 Å². The van der Waals surface area contributed by atoms with Crippen molar-refractivity contribution < 1.29 is 9.53 Å². The maximum Gasteiger partial charge on any atom is 0.255 e. The van der Waals surface area contributed by atoms with Gasteiger partial charge in [0.05, 0.1) is 13.2 Å². The number of anilines is 1. The predicted molar refractivity (Wildman–Crippen MR) is 96.4 cm³/mol. The van der Waals surface area contributed by atoms with Crippen LogP contribution in [0.1, 0.15) is 27.0 Å². The highest BCUT2D eigenvalue weighted by molar-refractivity contribution is 6.04. The van der Waals surface area contributed by atoms with Gasteiger partial charge in [-0.3, -0.25) is 9.69 Å². The van der Waals surface area contributed by atoms with Crippen LogP contribution in [0.2, 0.25) is 0 Å². The molecule has 2 aromatic carbocycles. The Balaban J connectivity index is 1.62. The molecule has 0 spiro atoms. The quantitative estimate of drug-likeness (QED) is 0.937. The lowest BCUT2D eigenvalue weighted by atomic mass is 10.1. The molecule has 3 rings (SSSR count). The van der Waals surface area contributed by atoms with Crippen LogP contribution in [0.4, 0.5) is 5.69 Å². The van der Waals surface area contributed by atoms with Crippen LogP contribution in [0.25, 0.3) is 0 Å². The molecular weight excluding hydrogens is 300 g/mol.